The van der Waals surface area contributed by atoms with Crippen molar-refractivity contribution >= 4 is 0 Å². The van der Waals surface area contributed by atoms with Crippen LogP contribution in [-0.2, 0) is 0 Å². The normalized spacial score (nSPS) is 50.1. The fourth-order valence-electron chi connectivity index (χ4n) is 2.05. The van der Waals surface area contributed by atoms with Crippen LogP contribution < -0.4 is 0 Å². The molecule has 2 aliphatic carbocycles. The summed E-state index contributed by atoms with van der Waals surface area (Å²) in [6.45, 7) is 6.87. The van der Waals surface area contributed by atoms with Crippen molar-refractivity contribution in [3.05, 3.63) is 23.8 Å². The van der Waals surface area contributed by atoms with Crippen LogP contribution in [-0.4, -0.2) is 0 Å². The lowest BCUT2D eigenvalue weighted by Crippen LogP contribution is -2.05. The van der Waals surface area contributed by atoms with E-state index in [9.17, 15) is 0 Å². The molecule has 0 aromatic carbocycles. The van der Waals surface area contributed by atoms with Crippen LogP contribution in [0.15, 0.2) is 23.8 Å². The molecule has 2 rings (SSSR count). The van der Waals surface area contributed by atoms with Crippen molar-refractivity contribution in [3.8, 4) is 0 Å². The van der Waals surface area contributed by atoms with Crippen LogP contribution in [0.3, 0.4) is 0 Å². The maximum atomic E-state index is 2.41. The van der Waals surface area contributed by atoms with E-state index in [1.165, 1.54) is 12.0 Å². The zero-order valence-corrected chi connectivity index (χ0v) is 6.94. The highest BCUT2D eigenvalue weighted by Gasteiger charge is 2.58. The maximum absolute atomic E-state index is 2.41. The summed E-state index contributed by atoms with van der Waals surface area (Å²) in [7, 11) is 0. The number of hydrogen-bond donors (Lipinski definition) is 0. The van der Waals surface area contributed by atoms with Crippen LogP contribution in [0.4, 0.5) is 0 Å². The summed E-state index contributed by atoms with van der Waals surface area (Å²) in [5.41, 5.74) is 2.44. The molecule has 0 aromatic rings. The molecule has 1 fully saturated rings. The molecule has 2 unspecified atom stereocenters. The highest BCUT2D eigenvalue weighted by Crippen LogP contribution is 2.67. The van der Waals surface area contributed by atoms with Gasteiger partial charge in [-0.1, -0.05) is 37.6 Å². The van der Waals surface area contributed by atoms with Crippen molar-refractivity contribution in [1.29, 1.82) is 0 Å². The summed E-state index contributed by atoms with van der Waals surface area (Å²) in [5, 5.41) is 0. The van der Waals surface area contributed by atoms with E-state index >= 15 is 0 Å². The van der Waals surface area contributed by atoms with Crippen molar-refractivity contribution in [3.63, 3.8) is 0 Å². The van der Waals surface area contributed by atoms with Gasteiger partial charge in [-0.3, -0.25) is 0 Å². The van der Waals surface area contributed by atoms with E-state index in [0.717, 1.165) is 0 Å². The monoisotopic (exact) mass is 134 g/mol. The second kappa shape index (κ2) is 1.39. The molecule has 0 spiro atoms. The molecule has 10 heavy (non-hydrogen) atoms. The summed E-state index contributed by atoms with van der Waals surface area (Å²) >= 11 is 0. The molecule has 0 heterocycles. The molecule has 0 radical (unpaired) electrons. The van der Waals surface area contributed by atoms with Crippen LogP contribution in [0.1, 0.15) is 27.2 Å². The first kappa shape index (κ1) is 6.21. The fraction of sp³-hybridized carbons (Fsp3) is 0.600. The molecule has 0 amide bonds. The van der Waals surface area contributed by atoms with Gasteiger partial charge >= 0.3 is 0 Å². The van der Waals surface area contributed by atoms with Gasteiger partial charge in [0.15, 0.2) is 0 Å². The Morgan fingerprint density at radius 1 is 1.30 bits per heavy atom. The van der Waals surface area contributed by atoms with Crippen molar-refractivity contribution in [1.82, 2.24) is 0 Å². The predicted molar refractivity (Wildman–Crippen MR) is 43.7 cm³/mol. The van der Waals surface area contributed by atoms with Crippen molar-refractivity contribution in [2.45, 2.75) is 27.2 Å². The smallest absolute Gasteiger partial charge is 0.00437 e. The third-order valence-electron chi connectivity index (χ3n) is 3.17. The van der Waals surface area contributed by atoms with E-state index in [1.807, 2.05) is 0 Å². The van der Waals surface area contributed by atoms with Gasteiger partial charge in [0.05, 0.1) is 0 Å². The molecule has 0 N–H and O–H groups in total. The summed E-state index contributed by atoms with van der Waals surface area (Å²) in [4.78, 5) is 0. The van der Waals surface area contributed by atoms with Crippen LogP contribution in [0.2, 0.25) is 0 Å². The first-order chi connectivity index (χ1) is 4.56. The first-order valence-corrected chi connectivity index (χ1v) is 3.95. The third kappa shape index (κ3) is 0.570. The molecule has 2 aliphatic rings. The fourth-order valence-corrected chi connectivity index (χ4v) is 2.05. The number of fused-ring (bicyclic) bond motifs is 1. The van der Waals surface area contributed by atoms with Gasteiger partial charge < -0.3 is 0 Å². The molecule has 0 saturated heterocycles. The van der Waals surface area contributed by atoms with Gasteiger partial charge in [0.2, 0.25) is 0 Å². The predicted octanol–water partition coefficient (Wildman–Crippen LogP) is 2.92. The number of hydrogen-bond acceptors (Lipinski definition) is 0. The van der Waals surface area contributed by atoms with E-state index in [1.54, 1.807) is 0 Å². The number of rotatable bonds is 0. The lowest BCUT2D eigenvalue weighted by atomic mass is 9.89. The van der Waals surface area contributed by atoms with Crippen molar-refractivity contribution in [2.75, 3.05) is 0 Å². The van der Waals surface area contributed by atoms with Crippen LogP contribution in [0, 0.1) is 10.8 Å². The second-order valence-corrected chi connectivity index (χ2v) is 4.23. The highest BCUT2D eigenvalue weighted by atomic mass is 14.6. The molecule has 0 aliphatic heterocycles. The Morgan fingerprint density at radius 3 is 2.50 bits per heavy atom. The Balaban J connectivity index is 2.40. The van der Waals surface area contributed by atoms with Gasteiger partial charge in [-0.2, -0.15) is 0 Å². The Kier molecular flexibility index (Phi) is 0.862. The average Bonchev–Trinajstić information content (AvgIpc) is 2.33. The number of allylic oxidation sites excluding steroid dienone is 4. The Bertz CT molecular complexity index is 234. The lowest BCUT2D eigenvalue weighted by Gasteiger charge is -2.15. The topological polar surface area (TPSA) is 0 Å². The summed E-state index contributed by atoms with van der Waals surface area (Å²) in [6.07, 6.45) is 8.36. The molecular formula is C10H14. The van der Waals surface area contributed by atoms with E-state index in [2.05, 4.69) is 39.0 Å². The third-order valence-corrected chi connectivity index (χ3v) is 3.17. The Labute approximate surface area is 62.6 Å². The minimum Gasteiger partial charge on any atom is -0.0774 e. The second-order valence-electron chi connectivity index (χ2n) is 4.23. The molecule has 54 valence electrons. The van der Waals surface area contributed by atoms with Gasteiger partial charge in [0, 0.05) is 0 Å². The van der Waals surface area contributed by atoms with E-state index in [0.29, 0.717) is 10.8 Å². The highest BCUT2D eigenvalue weighted by molar-refractivity contribution is 5.38. The van der Waals surface area contributed by atoms with Gasteiger partial charge in [0.25, 0.3) is 0 Å². The molecular weight excluding hydrogens is 120 g/mol. The van der Waals surface area contributed by atoms with Gasteiger partial charge in [-0.25, -0.2) is 0 Å². The summed E-state index contributed by atoms with van der Waals surface area (Å²) < 4.78 is 0. The molecule has 2 atom stereocenters. The first-order valence-electron chi connectivity index (χ1n) is 3.95. The van der Waals surface area contributed by atoms with Crippen LogP contribution >= 0.6 is 0 Å². The molecule has 1 saturated carbocycles. The van der Waals surface area contributed by atoms with Gasteiger partial charge in [0.1, 0.15) is 0 Å². The van der Waals surface area contributed by atoms with E-state index in [-0.39, 0.29) is 0 Å². The van der Waals surface area contributed by atoms with E-state index < -0.39 is 0 Å². The maximum Gasteiger partial charge on any atom is -0.00437 e. The quantitative estimate of drug-likeness (QED) is 0.478. The largest absolute Gasteiger partial charge is 0.0774 e. The zero-order valence-electron chi connectivity index (χ0n) is 6.94. The summed E-state index contributed by atoms with van der Waals surface area (Å²) in [5.74, 6) is 0. The lowest BCUT2D eigenvalue weighted by molar-refractivity contribution is 0.548. The average molecular weight is 134 g/mol. The van der Waals surface area contributed by atoms with Gasteiger partial charge in [-0.05, 0) is 24.2 Å². The standard InChI is InChI=1S/C10H14/c1-8-4-5-9(2)7-10(9,3)6-8/h4-6H,7H2,1-3H3. The SMILES string of the molecule is CC1=CC2(C)CC2(C)C=C1. The van der Waals surface area contributed by atoms with E-state index in [4.69, 9.17) is 0 Å². The van der Waals surface area contributed by atoms with Crippen molar-refractivity contribution < 1.29 is 0 Å². The van der Waals surface area contributed by atoms with Crippen LogP contribution in [0.25, 0.3) is 0 Å². The molecule has 0 nitrogen and oxygen atoms in total. The van der Waals surface area contributed by atoms with Gasteiger partial charge in [-0.15, -0.1) is 0 Å². The zero-order chi connectivity index (χ0) is 7.41. The molecule has 0 heteroatoms. The molecule has 0 aromatic heterocycles. The Hall–Kier alpha value is -0.520. The minimum atomic E-state index is 0.506. The summed E-state index contributed by atoms with van der Waals surface area (Å²) in [6, 6.07) is 0. The molecule has 0 bridgehead atoms. The Morgan fingerprint density at radius 2 is 2.00 bits per heavy atom. The minimum absolute atomic E-state index is 0.506. The van der Waals surface area contributed by atoms with Crippen LogP contribution in [0.5, 0.6) is 0 Å². The van der Waals surface area contributed by atoms with Crippen molar-refractivity contribution in [2.24, 2.45) is 10.8 Å².